The molecule has 25 heavy (non-hydrogen) atoms. The fraction of sp³-hybridized carbons (Fsp3) is 0.500. The molecular weight excluding hydrogens is 318 g/mol. The van der Waals surface area contributed by atoms with Crippen molar-refractivity contribution in [2.75, 3.05) is 11.9 Å². The van der Waals surface area contributed by atoms with Crippen LogP contribution in [0.1, 0.15) is 37.5 Å². The van der Waals surface area contributed by atoms with E-state index in [4.69, 9.17) is 4.74 Å². The van der Waals surface area contributed by atoms with Gasteiger partial charge in [-0.15, -0.1) is 10.2 Å². The quantitative estimate of drug-likeness (QED) is 0.845. The van der Waals surface area contributed by atoms with E-state index < -0.39 is 0 Å². The van der Waals surface area contributed by atoms with Gasteiger partial charge >= 0.3 is 6.03 Å². The summed E-state index contributed by atoms with van der Waals surface area (Å²) in [6.45, 7) is 7.45. The first-order chi connectivity index (χ1) is 12.0. The van der Waals surface area contributed by atoms with Crippen LogP contribution in [0.25, 0.3) is 0 Å². The van der Waals surface area contributed by atoms with Gasteiger partial charge in [-0.2, -0.15) is 0 Å². The third kappa shape index (κ3) is 4.29. The third-order valence-corrected chi connectivity index (χ3v) is 4.12. The summed E-state index contributed by atoms with van der Waals surface area (Å²) >= 11 is 0. The Morgan fingerprint density at radius 1 is 1.36 bits per heavy atom. The van der Waals surface area contributed by atoms with Gasteiger partial charge in [-0.05, 0) is 51.0 Å². The van der Waals surface area contributed by atoms with E-state index in [-0.39, 0.29) is 12.1 Å². The Kier molecular flexibility index (Phi) is 5.21. The van der Waals surface area contributed by atoms with Crippen LogP contribution in [0.3, 0.4) is 0 Å². The molecule has 0 unspecified atom stereocenters. The highest BCUT2D eigenvalue weighted by atomic mass is 16.5. The monoisotopic (exact) mass is 343 g/mol. The Morgan fingerprint density at radius 2 is 2.20 bits per heavy atom. The fourth-order valence-corrected chi connectivity index (χ4v) is 2.97. The van der Waals surface area contributed by atoms with E-state index in [1.165, 1.54) is 0 Å². The van der Waals surface area contributed by atoms with Crippen LogP contribution in [0, 0.1) is 6.92 Å². The summed E-state index contributed by atoms with van der Waals surface area (Å²) < 4.78 is 7.85. The van der Waals surface area contributed by atoms with Gasteiger partial charge in [-0.1, -0.05) is 0 Å². The van der Waals surface area contributed by atoms with Gasteiger partial charge in [-0.3, -0.25) is 0 Å². The first-order valence-electron chi connectivity index (χ1n) is 8.76. The van der Waals surface area contributed by atoms with Crippen LogP contribution in [0.4, 0.5) is 10.5 Å². The molecule has 0 bridgehead atoms. The summed E-state index contributed by atoms with van der Waals surface area (Å²) in [6.07, 6.45) is 2.93. The lowest BCUT2D eigenvalue weighted by atomic mass is 10.2. The van der Waals surface area contributed by atoms with Crippen molar-refractivity contribution in [2.24, 2.45) is 0 Å². The lowest BCUT2D eigenvalue weighted by Gasteiger charge is -2.14. The van der Waals surface area contributed by atoms with E-state index in [0.29, 0.717) is 13.0 Å². The molecule has 2 amide bonds. The van der Waals surface area contributed by atoms with E-state index in [1.807, 2.05) is 39.0 Å². The highest BCUT2D eigenvalue weighted by molar-refractivity contribution is 5.89. The van der Waals surface area contributed by atoms with Gasteiger partial charge in [0.2, 0.25) is 0 Å². The second-order valence-electron chi connectivity index (χ2n) is 6.57. The van der Waals surface area contributed by atoms with Gasteiger partial charge in [0, 0.05) is 31.6 Å². The molecule has 0 atom stereocenters. The summed E-state index contributed by atoms with van der Waals surface area (Å²) in [7, 11) is 0. The van der Waals surface area contributed by atoms with Crippen molar-refractivity contribution >= 4 is 11.7 Å². The first-order valence-corrected chi connectivity index (χ1v) is 8.76. The molecule has 134 valence electrons. The predicted molar refractivity (Wildman–Crippen MR) is 96.0 cm³/mol. The average Bonchev–Trinajstić information content (AvgIpc) is 3.14. The lowest BCUT2D eigenvalue weighted by molar-refractivity contribution is 0.240. The largest absolute Gasteiger partial charge is 0.491 e. The molecular formula is C18H25N5O2. The highest BCUT2D eigenvalue weighted by Gasteiger charge is 2.16. The maximum absolute atomic E-state index is 12.1. The molecule has 1 aromatic carbocycles. The summed E-state index contributed by atoms with van der Waals surface area (Å²) in [5.41, 5.74) is 1.74. The normalized spacial score (nSPS) is 13.0. The van der Waals surface area contributed by atoms with Crippen molar-refractivity contribution in [3.8, 4) is 5.75 Å². The molecule has 0 saturated carbocycles. The second-order valence-corrected chi connectivity index (χ2v) is 6.57. The van der Waals surface area contributed by atoms with Crippen LogP contribution >= 0.6 is 0 Å². The Hall–Kier alpha value is -2.57. The standard InChI is InChI=1S/C18H25N5O2/c1-12(2)25-15-7-6-14(11-13(15)3)20-18(24)19-9-8-17-22-21-16-5-4-10-23(16)17/h6-7,11-12H,4-5,8-10H2,1-3H3,(H2,19,20,24). The number of carbonyl (C=O) groups is 1. The zero-order chi connectivity index (χ0) is 17.8. The second kappa shape index (κ2) is 7.55. The smallest absolute Gasteiger partial charge is 0.319 e. The Bertz CT molecular complexity index is 754. The Balaban J connectivity index is 1.48. The van der Waals surface area contributed by atoms with Gasteiger partial charge in [0.1, 0.15) is 17.4 Å². The Labute approximate surface area is 147 Å². The molecule has 7 heteroatoms. The molecule has 0 aliphatic carbocycles. The van der Waals surface area contributed by atoms with Gasteiger partial charge < -0.3 is 19.9 Å². The number of urea groups is 1. The minimum Gasteiger partial charge on any atom is -0.491 e. The highest BCUT2D eigenvalue weighted by Crippen LogP contribution is 2.23. The summed E-state index contributed by atoms with van der Waals surface area (Å²) in [6, 6.07) is 5.40. The van der Waals surface area contributed by atoms with E-state index >= 15 is 0 Å². The molecule has 2 heterocycles. The van der Waals surface area contributed by atoms with Gasteiger partial charge in [-0.25, -0.2) is 4.79 Å². The topological polar surface area (TPSA) is 81.1 Å². The number of nitrogens with zero attached hydrogens (tertiary/aromatic N) is 3. The molecule has 1 aliphatic heterocycles. The van der Waals surface area contributed by atoms with Crippen molar-refractivity contribution in [1.29, 1.82) is 0 Å². The van der Waals surface area contributed by atoms with Crippen molar-refractivity contribution in [3.63, 3.8) is 0 Å². The maximum atomic E-state index is 12.1. The summed E-state index contributed by atoms with van der Waals surface area (Å²) in [4.78, 5) is 12.1. The third-order valence-electron chi connectivity index (χ3n) is 4.12. The number of ether oxygens (including phenoxy) is 1. The zero-order valence-electron chi connectivity index (χ0n) is 15.0. The fourth-order valence-electron chi connectivity index (χ4n) is 2.97. The van der Waals surface area contributed by atoms with E-state index in [2.05, 4.69) is 25.4 Å². The maximum Gasteiger partial charge on any atom is 0.319 e. The van der Waals surface area contributed by atoms with Crippen LogP contribution in [0.2, 0.25) is 0 Å². The van der Waals surface area contributed by atoms with Gasteiger partial charge in [0.15, 0.2) is 0 Å². The molecule has 3 rings (SSSR count). The molecule has 2 N–H and O–H groups in total. The number of anilines is 1. The molecule has 1 aliphatic rings. The van der Waals surface area contributed by atoms with E-state index in [9.17, 15) is 4.79 Å². The number of hydrogen-bond donors (Lipinski definition) is 2. The molecule has 7 nitrogen and oxygen atoms in total. The molecule has 0 radical (unpaired) electrons. The van der Waals surface area contributed by atoms with Crippen molar-refractivity contribution in [1.82, 2.24) is 20.1 Å². The minimum absolute atomic E-state index is 0.124. The van der Waals surface area contributed by atoms with E-state index in [0.717, 1.165) is 48.0 Å². The van der Waals surface area contributed by atoms with Crippen LogP contribution in [-0.2, 0) is 19.4 Å². The SMILES string of the molecule is Cc1cc(NC(=O)NCCc2nnc3n2CCC3)ccc1OC(C)C. The van der Waals surface area contributed by atoms with Crippen LogP contribution in [-0.4, -0.2) is 33.4 Å². The summed E-state index contributed by atoms with van der Waals surface area (Å²) in [5.74, 6) is 2.83. The van der Waals surface area contributed by atoms with Crippen LogP contribution in [0.15, 0.2) is 18.2 Å². The van der Waals surface area contributed by atoms with Crippen LogP contribution < -0.4 is 15.4 Å². The number of aromatic nitrogens is 3. The molecule has 1 aromatic heterocycles. The van der Waals surface area contributed by atoms with Crippen molar-refractivity contribution in [2.45, 2.75) is 52.7 Å². The molecule has 0 fully saturated rings. The number of aryl methyl sites for hydroxylation is 2. The summed E-state index contributed by atoms with van der Waals surface area (Å²) in [5, 5.41) is 14.1. The molecule has 0 spiro atoms. The number of fused-ring (bicyclic) bond motifs is 1. The average molecular weight is 343 g/mol. The molecule has 2 aromatic rings. The number of amides is 2. The number of benzene rings is 1. The van der Waals surface area contributed by atoms with Crippen molar-refractivity contribution in [3.05, 3.63) is 35.4 Å². The van der Waals surface area contributed by atoms with Crippen molar-refractivity contribution < 1.29 is 9.53 Å². The first kappa shape index (κ1) is 17.3. The Morgan fingerprint density at radius 3 is 2.96 bits per heavy atom. The lowest BCUT2D eigenvalue weighted by Crippen LogP contribution is -2.31. The number of carbonyl (C=O) groups excluding carboxylic acids is 1. The molecule has 0 saturated heterocycles. The predicted octanol–water partition coefficient (Wildman–Crippen LogP) is 2.68. The van der Waals surface area contributed by atoms with E-state index in [1.54, 1.807) is 0 Å². The number of nitrogens with one attached hydrogen (secondary N) is 2. The van der Waals surface area contributed by atoms with Gasteiger partial charge in [0.05, 0.1) is 6.10 Å². The zero-order valence-corrected chi connectivity index (χ0v) is 15.0. The number of hydrogen-bond acceptors (Lipinski definition) is 4. The number of rotatable bonds is 6. The van der Waals surface area contributed by atoms with Gasteiger partial charge in [0.25, 0.3) is 0 Å². The van der Waals surface area contributed by atoms with Crippen LogP contribution in [0.5, 0.6) is 5.75 Å². The minimum atomic E-state index is -0.224.